The van der Waals surface area contributed by atoms with Crippen molar-refractivity contribution in [1.82, 2.24) is 0 Å². The number of anilines is 1. The van der Waals surface area contributed by atoms with Crippen molar-refractivity contribution in [3.05, 3.63) is 90.0 Å². The summed E-state index contributed by atoms with van der Waals surface area (Å²) in [5.74, 6) is -3.34. The summed E-state index contributed by atoms with van der Waals surface area (Å²) in [7, 11) is 0. The van der Waals surface area contributed by atoms with Crippen LogP contribution in [0.4, 0.5) is 18.9 Å². The van der Waals surface area contributed by atoms with E-state index < -0.39 is 11.6 Å². The summed E-state index contributed by atoms with van der Waals surface area (Å²) in [6, 6.07) is 15.4. The Hall–Kier alpha value is -2.84. The number of aromatic nitrogens is 1. The number of hydrogen-bond donors (Lipinski definition) is 1. The van der Waals surface area contributed by atoms with Gasteiger partial charge in [0.25, 0.3) is 5.76 Å². The first kappa shape index (κ1) is 24.8. The number of halogens is 3. The van der Waals surface area contributed by atoms with Crippen molar-refractivity contribution in [2.45, 2.75) is 36.8 Å². The molecule has 3 rings (SSSR count). The Morgan fingerprint density at radius 1 is 0.970 bits per heavy atom. The van der Waals surface area contributed by atoms with E-state index in [4.69, 9.17) is 12.2 Å². The van der Waals surface area contributed by atoms with Gasteiger partial charge in [0.2, 0.25) is 5.70 Å². The topological polar surface area (TPSA) is 39.0 Å². The second-order valence-corrected chi connectivity index (χ2v) is 9.76. The minimum Gasteiger partial charge on any atom is -0.867 e. The number of benzene rings is 2. The molecule has 0 atom stereocenters. The number of pyridine rings is 1. The van der Waals surface area contributed by atoms with Gasteiger partial charge in [-0.2, -0.15) is 13.3 Å². The lowest BCUT2D eigenvalue weighted by Gasteiger charge is -2.19. The highest BCUT2D eigenvalue weighted by atomic mass is 32.2. The molecule has 0 unspecified atom stereocenters. The number of rotatable bonds is 6. The molecule has 1 N–H and O–H groups in total. The predicted octanol–water partition coefficient (Wildman–Crippen LogP) is 5.85. The first-order valence-corrected chi connectivity index (χ1v) is 11.4. The van der Waals surface area contributed by atoms with Crippen molar-refractivity contribution < 1.29 is 22.8 Å². The Balaban J connectivity index is 1.98. The fraction of sp³-hybridized carbons (Fsp3) is 0.200. The van der Waals surface area contributed by atoms with E-state index in [9.17, 15) is 18.3 Å². The maximum Gasteiger partial charge on any atom is 0.288 e. The molecule has 1 aromatic heterocycles. The molecule has 0 amide bonds. The van der Waals surface area contributed by atoms with Crippen molar-refractivity contribution in [2.75, 3.05) is 5.32 Å². The number of nitrogens with one attached hydrogen (secondary N) is 1. The summed E-state index contributed by atoms with van der Waals surface area (Å²) in [5.41, 5.74) is 2.03. The molecule has 0 aliphatic carbocycles. The SMILES string of the molecule is CC(C)(C)c1cc[n+](/C(C(=S)Nc2ccc(SC(F)F)cc2)=C(/[O-])c2ccc(F)cc2)cc1. The van der Waals surface area contributed by atoms with Crippen molar-refractivity contribution in [2.24, 2.45) is 0 Å². The quantitative estimate of drug-likeness (QED) is 0.155. The van der Waals surface area contributed by atoms with E-state index in [1.807, 2.05) is 12.1 Å². The van der Waals surface area contributed by atoms with E-state index in [0.29, 0.717) is 22.3 Å². The molecule has 8 heteroatoms. The van der Waals surface area contributed by atoms with E-state index in [2.05, 4.69) is 26.1 Å². The van der Waals surface area contributed by atoms with Gasteiger partial charge in [0.1, 0.15) is 5.82 Å². The fourth-order valence-electron chi connectivity index (χ4n) is 3.06. The third-order valence-corrected chi connectivity index (χ3v) is 5.85. The van der Waals surface area contributed by atoms with Crippen molar-refractivity contribution >= 4 is 46.1 Å². The van der Waals surface area contributed by atoms with E-state index >= 15 is 0 Å². The lowest BCUT2D eigenvalue weighted by molar-refractivity contribution is -0.577. The smallest absolute Gasteiger partial charge is 0.288 e. The molecule has 0 saturated heterocycles. The minimum absolute atomic E-state index is 0.0725. The van der Waals surface area contributed by atoms with Gasteiger partial charge in [0.05, 0.1) is 0 Å². The Bertz CT molecular complexity index is 1140. The molecule has 0 spiro atoms. The molecule has 0 saturated carbocycles. The van der Waals surface area contributed by atoms with E-state index in [1.54, 1.807) is 41.2 Å². The Labute approximate surface area is 201 Å². The standard InChI is InChI=1S/C25H23F3N2OS2/c1-25(2,3)17-12-14-30(15-13-17)21(22(31)16-4-6-18(26)7-5-16)23(32)29-19-8-10-20(11-9-19)33-24(27)28/h4-15,24H,1-3H3,(H-,29,31,32). The number of hydrogen-bond acceptors (Lipinski definition) is 3. The van der Waals surface area contributed by atoms with Crippen LogP contribution in [0.1, 0.15) is 31.9 Å². The second-order valence-electron chi connectivity index (χ2n) is 8.29. The van der Waals surface area contributed by atoms with E-state index in [1.165, 1.54) is 24.3 Å². The van der Waals surface area contributed by atoms with Gasteiger partial charge in [-0.25, -0.2) is 4.39 Å². The lowest BCUT2D eigenvalue weighted by Crippen LogP contribution is -2.40. The van der Waals surface area contributed by atoms with Crippen molar-refractivity contribution in [3.63, 3.8) is 0 Å². The maximum absolute atomic E-state index is 13.4. The molecule has 33 heavy (non-hydrogen) atoms. The molecule has 0 aliphatic rings. The molecular formula is C25H23F3N2OS2. The van der Waals surface area contributed by atoms with Crippen LogP contribution in [0.3, 0.4) is 0 Å². The summed E-state index contributed by atoms with van der Waals surface area (Å²) in [6.45, 7) is 6.26. The molecule has 0 bridgehead atoms. The Morgan fingerprint density at radius 2 is 1.55 bits per heavy atom. The highest BCUT2D eigenvalue weighted by Crippen LogP contribution is 2.27. The van der Waals surface area contributed by atoms with Gasteiger partial charge in [-0.1, -0.05) is 56.9 Å². The van der Waals surface area contributed by atoms with Gasteiger partial charge in [-0.05, 0) is 58.7 Å². The van der Waals surface area contributed by atoms with Gasteiger partial charge < -0.3 is 10.4 Å². The second kappa shape index (κ2) is 10.4. The van der Waals surface area contributed by atoms with Gasteiger partial charge in [-0.3, -0.25) is 0 Å². The van der Waals surface area contributed by atoms with Gasteiger partial charge >= 0.3 is 0 Å². The Morgan fingerprint density at radius 3 is 2.06 bits per heavy atom. The summed E-state index contributed by atoms with van der Waals surface area (Å²) >= 11 is 6.01. The van der Waals surface area contributed by atoms with Crippen LogP contribution in [-0.4, -0.2) is 10.7 Å². The zero-order valence-electron chi connectivity index (χ0n) is 18.3. The summed E-state index contributed by atoms with van der Waals surface area (Å²) in [6.07, 6.45) is 3.52. The summed E-state index contributed by atoms with van der Waals surface area (Å²) in [4.78, 5) is 0.562. The molecule has 3 aromatic rings. The third kappa shape index (κ3) is 6.58. The van der Waals surface area contributed by atoms with Crippen molar-refractivity contribution in [3.8, 4) is 0 Å². The van der Waals surface area contributed by atoms with E-state index in [0.717, 1.165) is 5.56 Å². The van der Waals surface area contributed by atoms with Gasteiger partial charge in [0.15, 0.2) is 17.4 Å². The fourth-order valence-corrected chi connectivity index (χ4v) is 3.88. The molecule has 172 valence electrons. The van der Waals surface area contributed by atoms with Crippen LogP contribution in [0.15, 0.2) is 78.0 Å². The number of thioether (sulfide) groups is 1. The zero-order valence-corrected chi connectivity index (χ0v) is 19.9. The lowest BCUT2D eigenvalue weighted by atomic mass is 9.88. The average molecular weight is 489 g/mol. The molecular weight excluding hydrogens is 465 g/mol. The van der Waals surface area contributed by atoms with Gasteiger partial charge in [0, 0.05) is 22.7 Å². The average Bonchev–Trinajstić information content (AvgIpc) is 2.75. The van der Waals surface area contributed by atoms with Crippen LogP contribution in [0.25, 0.3) is 11.5 Å². The monoisotopic (exact) mass is 488 g/mol. The third-order valence-electron chi connectivity index (χ3n) is 4.83. The predicted molar refractivity (Wildman–Crippen MR) is 129 cm³/mol. The van der Waals surface area contributed by atoms with Crippen LogP contribution >= 0.6 is 24.0 Å². The Kier molecular flexibility index (Phi) is 7.81. The maximum atomic E-state index is 13.4. The molecule has 3 nitrogen and oxygen atoms in total. The number of nitrogens with zero attached hydrogens (tertiary/aromatic N) is 1. The molecule has 1 heterocycles. The van der Waals surface area contributed by atoms with Crippen LogP contribution in [0.2, 0.25) is 0 Å². The summed E-state index contributed by atoms with van der Waals surface area (Å²) in [5, 5.41) is 16.4. The summed E-state index contributed by atoms with van der Waals surface area (Å²) < 4.78 is 40.1. The highest BCUT2D eigenvalue weighted by molar-refractivity contribution is 7.99. The molecule has 2 aromatic carbocycles. The molecule has 0 fully saturated rings. The normalized spacial score (nSPS) is 12.5. The van der Waals surface area contributed by atoms with Gasteiger partial charge in [-0.15, -0.1) is 0 Å². The largest absolute Gasteiger partial charge is 0.867 e. The minimum atomic E-state index is -2.51. The zero-order chi connectivity index (χ0) is 24.2. The first-order valence-electron chi connectivity index (χ1n) is 10.1. The molecule has 0 radical (unpaired) electrons. The van der Waals surface area contributed by atoms with Crippen LogP contribution < -0.4 is 15.0 Å². The first-order chi connectivity index (χ1) is 15.5. The van der Waals surface area contributed by atoms with Crippen LogP contribution in [-0.2, 0) is 5.41 Å². The number of alkyl halides is 2. The van der Waals surface area contributed by atoms with Crippen molar-refractivity contribution in [1.29, 1.82) is 0 Å². The van der Waals surface area contributed by atoms with E-state index in [-0.39, 0.29) is 27.4 Å². The van der Waals surface area contributed by atoms with Crippen LogP contribution in [0.5, 0.6) is 0 Å². The number of thiocarbonyl (C=S) groups is 1. The molecule has 0 aliphatic heterocycles. The highest BCUT2D eigenvalue weighted by Gasteiger charge is 2.21. The van der Waals surface area contributed by atoms with Crippen LogP contribution in [0, 0.1) is 5.82 Å².